The van der Waals surface area contributed by atoms with Gasteiger partial charge in [0, 0.05) is 5.56 Å². The minimum atomic E-state index is -0.902. The molecule has 0 aromatic heterocycles. The van der Waals surface area contributed by atoms with Gasteiger partial charge in [-0.15, -0.1) is 0 Å². The minimum absolute atomic E-state index is 0.0432. The Hall–Kier alpha value is -3.15. The second-order valence-electron chi connectivity index (χ2n) is 7.62. The number of carboxylic acid groups (broad SMARTS) is 1. The summed E-state index contributed by atoms with van der Waals surface area (Å²) < 4.78 is 5.44. The van der Waals surface area contributed by atoms with Gasteiger partial charge in [-0.2, -0.15) is 0 Å². The average Bonchev–Trinajstić information content (AvgIpc) is 2.55. The molecule has 0 saturated carbocycles. The van der Waals surface area contributed by atoms with Gasteiger partial charge in [-0.3, -0.25) is 10.2 Å². The van der Waals surface area contributed by atoms with Crippen molar-refractivity contribution < 1.29 is 19.4 Å². The molecule has 0 unspecified atom stereocenters. The molecule has 0 aliphatic heterocycles. The number of carbonyl (C=O) groups is 2. The summed E-state index contributed by atoms with van der Waals surface area (Å²) in [5.74, 6) is -1.14. The summed E-state index contributed by atoms with van der Waals surface area (Å²) in [7, 11) is 0. The Balaban J connectivity index is 2.24. The van der Waals surface area contributed by atoms with Gasteiger partial charge in [0.05, 0.1) is 12.0 Å². The molecule has 4 N–H and O–H groups in total. The van der Waals surface area contributed by atoms with Crippen LogP contribution in [0.25, 0.3) is 0 Å². The molecular formula is C21H24N2O4. The van der Waals surface area contributed by atoms with Gasteiger partial charge in [0.15, 0.2) is 0 Å². The fraction of sp³-hybridized carbons (Fsp3) is 0.286. The van der Waals surface area contributed by atoms with E-state index < -0.39 is 11.9 Å². The smallest absolute Gasteiger partial charge is 0.343 e. The number of benzene rings is 2. The first-order valence-electron chi connectivity index (χ1n) is 8.55. The zero-order valence-corrected chi connectivity index (χ0v) is 15.7. The summed E-state index contributed by atoms with van der Waals surface area (Å²) in [4.78, 5) is 23.5. The van der Waals surface area contributed by atoms with Crippen molar-refractivity contribution in [1.82, 2.24) is 0 Å². The topological polar surface area (TPSA) is 113 Å². The van der Waals surface area contributed by atoms with Crippen LogP contribution in [-0.4, -0.2) is 22.9 Å². The summed E-state index contributed by atoms with van der Waals surface area (Å²) in [6, 6.07) is 11.3. The Kier molecular flexibility index (Phi) is 6.00. The van der Waals surface area contributed by atoms with Crippen LogP contribution in [0, 0.1) is 10.8 Å². The number of amidine groups is 1. The Morgan fingerprint density at radius 2 is 1.63 bits per heavy atom. The first-order valence-corrected chi connectivity index (χ1v) is 8.55. The highest BCUT2D eigenvalue weighted by Gasteiger charge is 2.17. The van der Waals surface area contributed by atoms with Crippen molar-refractivity contribution in [3.63, 3.8) is 0 Å². The van der Waals surface area contributed by atoms with Gasteiger partial charge in [0.25, 0.3) is 0 Å². The van der Waals surface area contributed by atoms with Gasteiger partial charge in [-0.05, 0) is 47.2 Å². The largest absolute Gasteiger partial charge is 0.481 e. The third-order valence-corrected chi connectivity index (χ3v) is 3.88. The number of ether oxygens (including phenoxy) is 1. The van der Waals surface area contributed by atoms with Crippen LogP contribution in [0.3, 0.4) is 0 Å². The minimum Gasteiger partial charge on any atom is -0.481 e. The molecule has 0 heterocycles. The van der Waals surface area contributed by atoms with Crippen molar-refractivity contribution >= 4 is 17.8 Å². The van der Waals surface area contributed by atoms with Crippen molar-refractivity contribution in [3.8, 4) is 5.75 Å². The van der Waals surface area contributed by atoms with Crippen molar-refractivity contribution in [3.05, 3.63) is 64.7 Å². The number of carbonyl (C=O) groups excluding carboxylic acids is 1. The molecular weight excluding hydrogens is 344 g/mol. The van der Waals surface area contributed by atoms with Crippen LogP contribution in [0.5, 0.6) is 5.75 Å². The summed E-state index contributed by atoms with van der Waals surface area (Å²) in [6.45, 7) is 6.19. The number of hydrogen-bond donors (Lipinski definition) is 3. The van der Waals surface area contributed by atoms with Gasteiger partial charge in [-0.25, -0.2) is 4.79 Å². The van der Waals surface area contributed by atoms with E-state index in [-0.39, 0.29) is 17.7 Å². The van der Waals surface area contributed by atoms with Crippen LogP contribution in [0.4, 0.5) is 0 Å². The molecule has 0 aliphatic carbocycles. The van der Waals surface area contributed by atoms with Crippen molar-refractivity contribution in [2.45, 2.75) is 33.6 Å². The van der Waals surface area contributed by atoms with Gasteiger partial charge in [-0.1, -0.05) is 39.0 Å². The molecule has 2 aromatic rings. The SMILES string of the molecule is CC(C)(C)Cc1cc(OC(=O)c2ccc(C(=N)N)cc2)ccc1CC(=O)O. The third-order valence-electron chi connectivity index (χ3n) is 3.88. The Labute approximate surface area is 158 Å². The average molecular weight is 368 g/mol. The van der Waals surface area contributed by atoms with Crippen LogP contribution in [0.1, 0.15) is 47.8 Å². The molecule has 6 heteroatoms. The van der Waals surface area contributed by atoms with Crippen LogP contribution in [0.15, 0.2) is 42.5 Å². The van der Waals surface area contributed by atoms with Gasteiger partial charge in [0.2, 0.25) is 0 Å². The van der Waals surface area contributed by atoms with Gasteiger partial charge in [0.1, 0.15) is 11.6 Å². The molecule has 0 aliphatic rings. The van der Waals surface area contributed by atoms with Crippen molar-refractivity contribution in [2.24, 2.45) is 11.1 Å². The van der Waals surface area contributed by atoms with Crippen molar-refractivity contribution in [2.75, 3.05) is 0 Å². The van der Waals surface area contributed by atoms with Crippen LogP contribution >= 0.6 is 0 Å². The van der Waals surface area contributed by atoms with E-state index in [0.29, 0.717) is 28.9 Å². The monoisotopic (exact) mass is 368 g/mol. The second kappa shape index (κ2) is 8.03. The number of carboxylic acids is 1. The quantitative estimate of drug-likeness (QED) is 0.313. The fourth-order valence-electron chi connectivity index (χ4n) is 2.69. The summed E-state index contributed by atoms with van der Waals surface area (Å²) >= 11 is 0. The van der Waals surface area contributed by atoms with E-state index in [0.717, 1.165) is 5.56 Å². The molecule has 0 atom stereocenters. The molecule has 0 spiro atoms. The standard InChI is InChI=1S/C21H24N2O4/c1-21(2,3)12-16-10-17(9-8-15(16)11-18(24)25)27-20(26)14-6-4-13(5-7-14)19(22)23/h4-10H,11-12H2,1-3H3,(H3,22,23)(H,24,25). The predicted octanol–water partition coefficient (Wildman–Crippen LogP) is 3.41. The van der Waals surface area contributed by atoms with E-state index in [1.807, 2.05) is 0 Å². The van der Waals surface area contributed by atoms with E-state index in [1.54, 1.807) is 42.5 Å². The second-order valence-corrected chi connectivity index (χ2v) is 7.62. The number of nitrogen functional groups attached to an aromatic ring is 1. The molecule has 6 nitrogen and oxygen atoms in total. The van der Waals surface area contributed by atoms with E-state index in [1.165, 1.54) is 0 Å². The first-order chi connectivity index (χ1) is 12.5. The number of aliphatic carboxylic acids is 1. The Bertz CT molecular complexity index is 865. The lowest BCUT2D eigenvalue weighted by molar-refractivity contribution is -0.136. The maximum absolute atomic E-state index is 12.4. The number of nitrogens with one attached hydrogen (secondary N) is 1. The molecule has 0 fully saturated rings. The molecule has 2 rings (SSSR count). The normalized spacial score (nSPS) is 11.1. The molecule has 0 radical (unpaired) electrons. The molecule has 142 valence electrons. The Morgan fingerprint density at radius 3 is 2.15 bits per heavy atom. The first kappa shape index (κ1) is 20.2. The molecule has 0 bridgehead atoms. The van der Waals surface area contributed by atoms with E-state index in [9.17, 15) is 9.59 Å². The molecule has 0 saturated heterocycles. The molecule has 0 amide bonds. The lowest BCUT2D eigenvalue weighted by Gasteiger charge is -2.20. The zero-order chi connectivity index (χ0) is 20.2. The maximum atomic E-state index is 12.4. The maximum Gasteiger partial charge on any atom is 0.343 e. The lowest BCUT2D eigenvalue weighted by atomic mass is 9.85. The Morgan fingerprint density at radius 1 is 1.04 bits per heavy atom. The van der Waals surface area contributed by atoms with E-state index in [2.05, 4.69) is 20.8 Å². The number of hydrogen-bond acceptors (Lipinski definition) is 4. The lowest BCUT2D eigenvalue weighted by Crippen LogP contribution is -2.14. The number of esters is 1. The highest BCUT2D eigenvalue weighted by Crippen LogP contribution is 2.27. The van der Waals surface area contributed by atoms with E-state index in [4.69, 9.17) is 21.0 Å². The van der Waals surface area contributed by atoms with Crippen LogP contribution in [-0.2, 0) is 17.6 Å². The van der Waals surface area contributed by atoms with Gasteiger partial charge >= 0.3 is 11.9 Å². The van der Waals surface area contributed by atoms with Gasteiger partial charge < -0.3 is 15.6 Å². The van der Waals surface area contributed by atoms with E-state index >= 15 is 0 Å². The summed E-state index contributed by atoms with van der Waals surface area (Å²) in [6.07, 6.45) is 0.584. The summed E-state index contributed by atoms with van der Waals surface area (Å²) in [5.41, 5.74) is 7.79. The summed E-state index contributed by atoms with van der Waals surface area (Å²) in [5, 5.41) is 16.5. The fourth-order valence-corrected chi connectivity index (χ4v) is 2.69. The number of nitrogens with two attached hydrogens (primary N) is 1. The zero-order valence-electron chi connectivity index (χ0n) is 15.7. The predicted molar refractivity (Wildman–Crippen MR) is 103 cm³/mol. The molecule has 2 aromatic carbocycles. The highest BCUT2D eigenvalue weighted by molar-refractivity contribution is 5.97. The third kappa shape index (κ3) is 5.95. The van der Waals surface area contributed by atoms with Crippen molar-refractivity contribution in [1.29, 1.82) is 5.41 Å². The highest BCUT2D eigenvalue weighted by atomic mass is 16.5. The molecule has 27 heavy (non-hydrogen) atoms. The number of rotatable bonds is 6. The van der Waals surface area contributed by atoms with Crippen LogP contribution < -0.4 is 10.5 Å². The van der Waals surface area contributed by atoms with Crippen LogP contribution in [0.2, 0.25) is 0 Å².